The summed E-state index contributed by atoms with van der Waals surface area (Å²) in [6.07, 6.45) is 8.15. The lowest BCUT2D eigenvalue weighted by Crippen LogP contribution is -2.36. The number of hydrogen-bond donors (Lipinski definition) is 2. The van der Waals surface area contributed by atoms with Crippen LogP contribution in [0.1, 0.15) is 45.6 Å². The number of rotatable bonds is 6. The molecule has 1 aromatic heterocycles. The van der Waals surface area contributed by atoms with Gasteiger partial charge in [-0.1, -0.05) is 26.8 Å². The number of hydrogen-bond acceptors (Lipinski definition) is 3. The van der Waals surface area contributed by atoms with E-state index in [1.807, 2.05) is 18.5 Å². The Bertz CT molecular complexity index is 303. The summed E-state index contributed by atoms with van der Waals surface area (Å²) in [5.74, 6) is 5.60. The van der Waals surface area contributed by atoms with Crippen LogP contribution in [0.4, 0.5) is 0 Å². The molecule has 0 aliphatic heterocycles. The summed E-state index contributed by atoms with van der Waals surface area (Å²) in [6, 6.07) is 4.49. The van der Waals surface area contributed by atoms with E-state index in [4.69, 9.17) is 5.84 Å². The number of nitrogens with zero attached hydrogens (tertiary/aromatic N) is 1. The molecule has 0 spiro atoms. The third kappa shape index (κ3) is 6.39. The van der Waals surface area contributed by atoms with E-state index < -0.39 is 0 Å². The van der Waals surface area contributed by atoms with E-state index >= 15 is 0 Å². The maximum absolute atomic E-state index is 5.60. The molecule has 0 aromatic carbocycles. The number of nitrogens with two attached hydrogens (primary N) is 1. The summed E-state index contributed by atoms with van der Waals surface area (Å²) >= 11 is 0. The van der Waals surface area contributed by atoms with Crippen LogP contribution in [0, 0.1) is 5.41 Å². The van der Waals surface area contributed by atoms with Crippen LogP contribution < -0.4 is 11.3 Å². The Morgan fingerprint density at radius 1 is 1.35 bits per heavy atom. The molecular weight excluding hydrogens is 210 g/mol. The van der Waals surface area contributed by atoms with Crippen LogP contribution in [0.2, 0.25) is 0 Å². The molecular formula is C14H25N3. The van der Waals surface area contributed by atoms with Crippen molar-refractivity contribution in [2.24, 2.45) is 11.3 Å². The Labute approximate surface area is 105 Å². The highest BCUT2D eigenvalue weighted by Gasteiger charge is 2.14. The normalized spacial score (nSPS) is 13.6. The van der Waals surface area contributed by atoms with Crippen LogP contribution in [0.3, 0.4) is 0 Å². The van der Waals surface area contributed by atoms with Crippen molar-refractivity contribution in [3.8, 4) is 0 Å². The number of aromatic nitrogens is 1. The largest absolute Gasteiger partial charge is 0.271 e. The first-order chi connectivity index (χ1) is 8.01. The molecule has 1 atom stereocenters. The summed E-state index contributed by atoms with van der Waals surface area (Å²) in [5.41, 5.74) is 4.58. The van der Waals surface area contributed by atoms with Crippen molar-refractivity contribution in [1.29, 1.82) is 0 Å². The molecule has 1 rings (SSSR count). The standard InChI is InChI=1S/C14H25N3/c1-14(2,3)9-8-13(17-15)7-6-12-5-4-10-16-11-12/h4-5,10-11,13,17H,6-9,15H2,1-3H3. The second-order valence-corrected chi connectivity index (χ2v) is 5.86. The van der Waals surface area contributed by atoms with Crippen molar-refractivity contribution in [3.63, 3.8) is 0 Å². The number of aryl methyl sites for hydroxylation is 1. The molecule has 1 unspecified atom stereocenters. The second-order valence-electron chi connectivity index (χ2n) is 5.86. The van der Waals surface area contributed by atoms with Crippen LogP contribution in [0.25, 0.3) is 0 Å². The molecule has 0 saturated carbocycles. The second kappa shape index (κ2) is 6.72. The summed E-state index contributed by atoms with van der Waals surface area (Å²) in [4.78, 5) is 4.12. The predicted octanol–water partition coefficient (Wildman–Crippen LogP) is 2.67. The molecule has 3 heteroatoms. The van der Waals surface area contributed by atoms with Crippen molar-refractivity contribution in [2.45, 2.75) is 52.5 Å². The number of pyridine rings is 1. The molecule has 96 valence electrons. The molecule has 1 heterocycles. The van der Waals surface area contributed by atoms with Crippen molar-refractivity contribution in [1.82, 2.24) is 10.4 Å². The fourth-order valence-corrected chi connectivity index (χ4v) is 1.81. The van der Waals surface area contributed by atoms with Gasteiger partial charge in [0.15, 0.2) is 0 Å². The highest BCUT2D eigenvalue weighted by molar-refractivity contribution is 5.08. The maximum Gasteiger partial charge on any atom is 0.0299 e. The Kier molecular flexibility index (Phi) is 5.59. The van der Waals surface area contributed by atoms with E-state index in [0.29, 0.717) is 11.5 Å². The Balaban J connectivity index is 2.33. The lowest BCUT2D eigenvalue weighted by molar-refractivity contribution is 0.324. The summed E-state index contributed by atoms with van der Waals surface area (Å²) < 4.78 is 0. The van der Waals surface area contributed by atoms with E-state index in [-0.39, 0.29) is 0 Å². The molecule has 1 aromatic rings. The summed E-state index contributed by atoms with van der Waals surface area (Å²) in [5, 5.41) is 0. The van der Waals surface area contributed by atoms with Crippen molar-refractivity contribution in [3.05, 3.63) is 30.1 Å². The molecule has 3 N–H and O–H groups in total. The van der Waals surface area contributed by atoms with Gasteiger partial charge >= 0.3 is 0 Å². The van der Waals surface area contributed by atoms with Crippen molar-refractivity contribution in [2.75, 3.05) is 0 Å². The molecule has 0 saturated heterocycles. The quantitative estimate of drug-likeness (QED) is 0.589. The third-order valence-electron chi connectivity index (χ3n) is 2.98. The van der Waals surface area contributed by atoms with Gasteiger partial charge in [0.1, 0.15) is 0 Å². The van der Waals surface area contributed by atoms with E-state index in [1.54, 1.807) is 0 Å². The molecule has 0 fully saturated rings. The van der Waals surface area contributed by atoms with E-state index in [2.05, 4.69) is 37.2 Å². The van der Waals surface area contributed by atoms with Crippen LogP contribution >= 0.6 is 0 Å². The van der Waals surface area contributed by atoms with Gasteiger partial charge in [-0.3, -0.25) is 16.3 Å². The van der Waals surface area contributed by atoms with Crippen LogP contribution in [-0.4, -0.2) is 11.0 Å². The van der Waals surface area contributed by atoms with Crippen molar-refractivity contribution >= 4 is 0 Å². The molecule has 0 aliphatic carbocycles. The highest BCUT2D eigenvalue weighted by Crippen LogP contribution is 2.22. The molecule has 0 bridgehead atoms. The minimum atomic E-state index is 0.378. The van der Waals surface area contributed by atoms with Gasteiger partial charge in [0, 0.05) is 18.4 Å². The lowest BCUT2D eigenvalue weighted by atomic mass is 9.88. The smallest absolute Gasteiger partial charge is 0.0299 e. The minimum Gasteiger partial charge on any atom is -0.271 e. The van der Waals surface area contributed by atoms with Gasteiger partial charge in [0.25, 0.3) is 0 Å². The Morgan fingerprint density at radius 2 is 2.12 bits per heavy atom. The highest BCUT2D eigenvalue weighted by atomic mass is 15.2. The van der Waals surface area contributed by atoms with Gasteiger partial charge in [0.05, 0.1) is 0 Å². The zero-order chi connectivity index (χ0) is 12.7. The Hall–Kier alpha value is -0.930. The van der Waals surface area contributed by atoms with Crippen LogP contribution in [-0.2, 0) is 6.42 Å². The average Bonchev–Trinajstić information content (AvgIpc) is 2.29. The first kappa shape index (κ1) is 14.1. The molecule has 0 radical (unpaired) electrons. The van der Waals surface area contributed by atoms with Gasteiger partial charge < -0.3 is 0 Å². The van der Waals surface area contributed by atoms with Crippen LogP contribution in [0.15, 0.2) is 24.5 Å². The molecule has 3 nitrogen and oxygen atoms in total. The van der Waals surface area contributed by atoms with E-state index in [1.165, 1.54) is 12.0 Å². The van der Waals surface area contributed by atoms with Gasteiger partial charge in [-0.25, -0.2) is 0 Å². The average molecular weight is 235 g/mol. The first-order valence-corrected chi connectivity index (χ1v) is 6.36. The fraction of sp³-hybridized carbons (Fsp3) is 0.643. The van der Waals surface area contributed by atoms with Crippen molar-refractivity contribution < 1.29 is 0 Å². The van der Waals surface area contributed by atoms with Gasteiger partial charge in [-0.05, 0) is 42.7 Å². The fourth-order valence-electron chi connectivity index (χ4n) is 1.81. The molecule has 0 aliphatic rings. The number of nitrogens with one attached hydrogen (secondary N) is 1. The first-order valence-electron chi connectivity index (χ1n) is 6.36. The van der Waals surface area contributed by atoms with Gasteiger partial charge in [-0.15, -0.1) is 0 Å². The monoisotopic (exact) mass is 235 g/mol. The summed E-state index contributed by atoms with van der Waals surface area (Å²) in [7, 11) is 0. The summed E-state index contributed by atoms with van der Waals surface area (Å²) in [6.45, 7) is 6.80. The van der Waals surface area contributed by atoms with Crippen LogP contribution in [0.5, 0.6) is 0 Å². The maximum atomic E-state index is 5.60. The van der Waals surface area contributed by atoms with E-state index in [0.717, 1.165) is 19.3 Å². The van der Waals surface area contributed by atoms with Gasteiger partial charge in [0.2, 0.25) is 0 Å². The topological polar surface area (TPSA) is 50.9 Å². The minimum absolute atomic E-state index is 0.378. The zero-order valence-corrected chi connectivity index (χ0v) is 11.2. The number of hydrazine groups is 1. The zero-order valence-electron chi connectivity index (χ0n) is 11.2. The van der Waals surface area contributed by atoms with Gasteiger partial charge in [-0.2, -0.15) is 0 Å². The molecule has 0 amide bonds. The molecule has 17 heavy (non-hydrogen) atoms. The SMILES string of the molecule is CC(C)(C)CCC(CCc1cccnc1)NN. The third-order valence-corrected chi connectivity index (χ3v) is 2.98. The Morgan fingerprint density at radius 3 is 2.65 bits per heavy atom. The predicted molar refractivity (Wildman–Crippen MR) is 72.4 cm³/mol. The van der Waals surface area contributed by atoms with E-state index in [9.17, 15) is 0 Å². The lowest BCUT2D eigenvalue weighted by Gasteiger charge is -2.22.